The first-order valence-electron chi connectivity index (χ1n) is 9.34. The van der Waals surface area contributed by atoms with Gasteiger partial charge in [-0.05, 0) is 63.0 Å². The Morgan fingerprint density at radius 2 is 1.85 bits per heavy atom. The molecule has 1 fully saturated rings. The SMILES string of the molecule is CCOc1cccc(C(c2ccc(C)cc2)N2CCC(C(=O)O)CC2)c1. The number of rotatable bonds is 6. The van der Waals surface area contributed by atoms with E-state index in [1.165, 1.54) is 16.7 Å². The van der Waals surface area contributed by atoms with Crippen LogP contribution in [-0.4, -0.2) is 35.7 Å². The summed E-state index contributed by atoms with van der Waals surface area (Å²) in [6.07, 6.45) is 1.39. The number of likely N-dealkylation sites (tertiary alicyclic amines) is 1. The Hall–Kier alpha value is -2.33. The first kappa shape index (κ1) is 18.5. The highest BCUT2D eigenvalue weighted by molar-refractivity contribution is 5.70. The second-order valence-electron chi connectivity index (χ2n) is 6.97. The number of benzene rings is 2. The smallest absolute Gasteiger partial charge is 0.306 e. The van der Waals surface area contributed by atoms with E-state index in [4.69, 9.17) is 4.74 Å². The van der Waals surface area contributed by atoms with Crippen LogP contribution in [0.3, 0.4) is 0 Å². The minimum absolute atomic E-state index is 0.116. The molecule has 4 nitrogen and oxygen atoms in total. The van der Waals surface area contributed by atoms with Crippen molar-refractivity contribution in [1.29, 1.82) is 0 Å². The second kappa shape index (κ2) is 8.37. The average Bonchev–Trinajstić information content (AvgIpc) is 2.65. The molecule has 0 radical (unpaired) electrons. The molecule has 1 atom stereocenters. The third-order valence-corrected chi connectivity index (χ3v) is 5.12. The van der Waals surface area contributed by atoms with Gasteiger partial charge in [0.1, 0.15) is 5.75 Å². The van der Waals surface area contributed by atoms with Gasteiger partial charge in [-0.2, -0.15) is 0 Å². The van der Waals surface area contributed by atoms with Crippen LogP contribution in [0.1, 0.15) is 42.5 Å². The number of carbonyl (C=O) groups is 1. The lowest BCUT2D eigenvalue weighted by molar-refractivity contribution is -0.143. The summed E-state index contributed by atoms with van der Waals surface area (Å²) in [4.78, 5) is 13.7. The monoisotopic (exact) mass is 353 g/mol. The molecule has 2 aromatic rings. The molecule has 0 amide bonds. The first-order chi connectivity index (χ1) is 12.6. The van der Waals surface area contributed by atoms with Gasteiger partial charge in [0.15, 0.2) is 0 Å². The maximum atomic E-state index is 11.3. The van der Waals surface area contributed by atoms with Crippen molar-refractivity contribution in [3.63, 3.8) is 0 Å². The van der Waals surface area contributed by atoms with Crippen LogP contribution >= 0.6 is 0 Å². The Morgan fingerprint density at radius 3 is 2.46 bits per heavy atom. The molecule has 1 unspecified atom stereocenters. The number of aliphatic carboxylic acids is 1. The van der Waals surface area contributed by atoms with Crippen molar-refractivity contribution in [3.05, 3.63) is 65.2 Å². The van der Waals surface area contributed by atoms with E-state index in [9.17, 15) is 9.90 Å². The summed E-state index contributed by atoms with van der Waals surface area (Å²) in [7, 11) is 0. The number of hydrogen-bond donors (Lipinski definition) is 1. The van der Waals surface area contributed by atoms with Crippen molar-refractivity contribution in [3.8, 4) is 5.75 Å². The number of piperidine rings is 1. The normalized spacial score (nSPS) is 17.0. The minimum atomic E-state index is -0.671. The third kappa shape index (κ3) is 4.25. The van der Waals surface area contributed by atoms with Gasteiger partial charge in [0, 0.05) is 0 Å². The predicted molar refractivity (Wildman–Crippen MR) is 103 cm³/mol. The van der Waals surface area contributed by atoms with E-state index in [2.05, 4.69) is 48.2 Å². The molecule has 1 heterocycles. The molecule has 0 saturated carbocycles. The van der Waals surface area contributed by atoms with Crippen LogP contribution in [0.5, 0.6) is 5.75 Å². The molecule has 0 bridgehead atoms. The number of carboxylic acids is 1. The van der Waals surface area contributed by atoms with E-state index in [0.29, 0.717) is 19.4 Å². The lowest BCUT2D eigenvalue weighted by atomic mass is 9.91. The summed E-state index contributed by atoms with van der Waals surface area (Å²) in [5.74, 6) is -0.0166. The zero-order valence-corrected chi connectivity index (χ0v) is 15.5. The van der Waals surface area contributed by atoms with Crippen molar-refractivity contribution in [2.75, 3.05) is 19.7 Å². The molecular weight excluding hydrogens is 326 g/mol. The maximum absolute atomic E-state index is 11.3. The fourth-order valence-electron chi connectivity index (χ4n) is 3.71. The number of aryl methyl sites for hydroxylation is 1. The van der Waals surface area contributed by atoms with Crippen LogP contribution in [-0.2, 0) is 4.79 Å². The Kier molecular flexibility index (Phi) is 5.94. The van der Waals surface area contributed by atoms with E-state index in [0.717, 1.165) is 18.8 Å². The summed E-state index contributed by atoms with van der Waals surface area (Å²) in [6.45, 7) is 6.29. The minimum Gasteiger partial charge on any atom is -0.494 e. The van der Waals surface area contributed by atoms with Crippen molar-refractivity contribution in [1.82, 2.24) is 4.90 Å². The largest absolute Gasteiger partial charge is 0.494 e. The first-order valence-corrected chi connectivity index (χ1v) is 9.34. The number of hydrogen-bond acceptors (Lipinski definition) is 3. The zero-order valence-electron chi connectivity index (χ0n) is 15.5. The molecule has 0 spiro atoms. The Labute approximate surface area is 155 Å². The lowest BCUT2D eigenvalue weighted by Gasteiger charge is -2.37. The van der Waals surface area contributed by atoms with Crippen LogP contribution in [0.25, 0.3) is 0 Å². The van der Waals surface area contributed by atoms with E-state index >= 15 is 0 Å². The van der Waals surface area contributed by atoms with Crippen LogP contribution in [0, 0.1) is 12.8 Å². The molecule has 138 valence electrons. The predicted octanol–water partition coefficient (Wildman–Crippen LogP) is 4.28. The molecule has 0 aliphatic carbocycles. The fourth-order valence-corrected chi connectivity index (χ4v) is 3.71. The van der Waals surface area contributed by atoms with Crippen LogP contribution in [0.15, 0.2) is 48.5 Å². The highest BCUT2D eigenvalue weighted by atomic mass is 16.5. The standard InChI is InChI=1S/C22H27NO3/c1-3-26-20-6-4-5-19(15-20)21(17-9-7-16(2)8-10-17)23-13-11-18(12-14-23)22(24)25/h4-10,15,18,21H,3,11-14H2,1-2H3,(H,24,25). The van der Waals surface area contributed by atoms with Gasteiger partial charge in [-0.3, -0.25) is 9.69 Å². The molecule has 0 aromatic heterocycles. The molecule has 1 N–H and O–H groups in total. The van der Waals surface area contributed by atoms with Crippen LogP contribution in [0.4, 0.5) is 0 Å². The molecular formula is C22H27NO3. The average molecular weight is 353 g/mol. The molecule has 4 heteroatoms. The Bertz CT molecular complexity index is 733. The molecule has 1 aliphatic heterocycles. The summed E-state index contributed by atoms with van der Waals surface area (Å²) < 4.78 is 5.69. The summed E-state index contributed by atoms with van der Waals surface area (Å²) >= 11 is 0. The Balaban J connectivity index is 1.91. The maximum Gasteiger partial charge on any atom is 0.306 e. The quantitative estimate of drug-likeness (QED) is 0.842. The van der Waals surface area contributed by atoms with Gasteiger partial charge in [0.25, 0.3) is 0 Å². The summed E-state index contributed by atoms with van der Waals surface area (Å²) in [5, 5.41) is 9.29. The lowest BCUT2D eigenvalue weighted by Crippen LogP contribution is -2.39. The van der Waals surface area contributed by atoms with E-state index < -0.39 is 5.97 Å². The van der Waals surface area contributed by atoms with Crippen molar-refractivity contribution < 1.29 is 14.6 Å². The number of ether oxygens (including phenoxy) is 1. The molecule has 1 saturated heterocycles. The van der Waals surface area contributed by atoms with Gasteiger partial charge in [0.05, 0.1) is 18.6 Å². The van der Waals surface area contributed by atoms with Crippen LogP contribution < -0.4 is 4.74 Å². The van der Waals surface area contributed by atoms with Gasteiger partial charge >= 0.3 is 5.97 Å². The van der Waals surface area contributed by atoms with Crippen molar-refractivity contribution in [2.45, 2.75) is 32.7 Å². The Morgan fingerprint density at radius 1 is 1.15 bits per heavy atom. The second-order valence-corrected chi connectivity index (χ2v) is 6.97. The molecule has 26 heavy (non-hydrogen) atoms. The van der Waals surface area contributed by atoms with E-state index in [-0.39, 0.29) is 12.0 Å². The van der Waals surface area contributed by atoms with Crippen LogP contribution in [0.2, 0.25) is 0 Å². The highest BCUT2D eigenvalue weighted by Crippen LogP contribution is 2.34. The summed E-state index contributed by atoms with van der Waals surface area (Å²) in [5.41, 5.74) is 3.66. The topological polar surface area (TPSA) is 49.8 Å². The zero-order chi connectivity index (χ0) is 18.5. The fraction of sp³-hybridized carbons (Fsp3) is 0.409. The number of carboxylic acid groups (broad SMARTS) is 1. The van der Waals surface area contributed by atoms with Gasteiger partial charge < -0.3 is 9.84 Å². The van der Waals surface area contributed by atoms with Crippen molar-refractivity contribution >= 4 is 5.97 Å². The van der Waals surface area contributed by atoms with Gasteiger partial charge in [-0.25, -0.2) is 0 Å². The van der Waals surface area contributed by atoms with Gasteiger partial charge in [-0.1, -0.05) is 42.0 Å². The molecule has 1 aliphatic rings. The number of nitrogens with zero attached hydrogens (tertiary/aromatic N) is 1. The van der Waals surface area contributed by atoms with E-state index in [1.54, 1.807) is 0 Å². The van der Waals surface area contributed by atoms with Crippen molar-refractivity contribution in [2.24, 2.45) is 5.92 Å². The highest BCUT2D eigenvalue weighted by Gasteiger charge is 2.30. The molecule has 2 aromatic carbocycles. The molecule has 3 rings (SSSR count). The van der Waals surface area contributed by atoms with Gasteiger partial charge in [-0.15, -0.1) is 0 Å². The third-order valence-electron chi connectivity index (χ3n) is 5.12. The van der Waals surface area contributed by atoms with Gasteiger partial charge in [0.2, 0.25) is 0 Å². The van der Waals surface area contributed by atoms with E-state index in [1.807, 2.05) is 19.1 Å². The summed E-state index contributed by atoms with van der Waals surface area (Å²) in [6, 6.07) is 17.0.